The summed E-state index contributed by atoms with van der Waals surface area (Å²) in [5.74, 6) is 6.75. The van der Waals surface area contributed by atoms with Crippen LogP contribution < -0.4 is 15.8 Å². The molecule has 1 atom stereocenters. The zero-order valence-electron chi connectivity index (χ0n) is 11.4. The third-order valence-corrected chi connectivity index (χ3v) is 2.98. The highest BCUT2D eigenvalue weighted by atomic mass is 16.5. The lowest BCUT2D eigenvalue weighted by molar-refractivity contribution is 0.379. The van der Waals surface area contributed by atoms with Crippen LogP contribution in [0.3, 0.4) is 0 Å². The fraction of sp³-hybridized carbons (Fsp3) is 0.467. The molecule has 1 rings (SSSR count). The SMILES string of the molecule is CC#CCNC(C)(CN)Cc1ccc(OC)cc1. The fourth-order valence-corrected chi connectivity index (χ4v) is 1.75. The quantitative estimate of drug-likeness (QED) is 0.749. The summed E-state index contributed by atoms with van der Waals surface area (Å²) in [5.41, 5.74) is 6.97. The van der Waals surface area contributed by atoms with Crippen LogP contribution in [0.4, 0.5) is 0 Å². The normalized spacial score (nSPS) is 13.3. The largest absolute Gasteiger partial charge is 0.497 e. The first-order chi connectivity index (χ1) is 8.63. The number of nitrogens with two attached hydrogens (primary N) is 1. The molecule has 3 nitrogen and oxygen atoms in total. The van der Waals surface area contributed by atoms with Crippen LogP contribution in [0.25, 0.3) is 0 Å². The van der Waals surface area contributed by atoms with Gasteiger partial charge in [-0.05, 0) is 38.0 Å². The van der Waals surface area contributed by atoms with Gasteiger partial charge in [0.25, 0.3) is 0 Å². The molecule has 0 bridgehead atoms. The minimum absolute atomic E-state index is 0.127. The van der Waals surface area contributed by atoms with E-state index in [2.05, 4.69) is 36.2 Å². The van der Waals surface area contributed by atoms with E-state index < -0.39 is 0 Å². The summed E-state index contributed by atoms with van der Waals surface area (Å²) in [7, 11) is 1.67. The summed E-state index contributed by atoms with van der Waals surface area (Å²) >= 11 is 0. The number of benzene rings is 1. The van der Waals surface area contributed by atoms with Crippen LogP contribution in [0.5, 0.6) is 5.75 Å². The molecule has 1 unspecified atom stereocenters. The maximum absolute atomic E-state index is 5.86. The van der Waals surface area contributed by atoms with Gasteiger partial charge in [-0.2, -0.15) is 0 Å². The minimum Gasteiger partial charge on any atom is -0.497 e. The summed E-state index contributed by atoms with van der Waals surface area (Å²) in [6.45, 7) is 5.20. The zero-order valence-corrected chi connectivity index (χ0v) is 11.4. The molecule has 0 saturated heterocycles. The molecule has 0 heterocycles. The maximum Gasteiger partial charge on any atom is 0.118 e. The maximum atomic E-state index is 5.86. The van der Waals surface area contributed by atoms with Gasteiger partial charge in [-0.3, -0.25) is 5.32 Å². The van der Waals surface area contributed by atoms with Crippen molar-refractivity contribution in [3.63, 3.8) is 0 Å². The van der Waals surface area contributed by atoms with Crippen molar-refractivity contribution in [1.29, 1.82) is 0 Å². The van der Waals surface area contributed by atoms with Crippen molar-refractivity contribution in [1.82, 2.24) is 5.32 Å². The third-order valence-electron chi connectivity index (χ3n) is 2.98. The molecule has 0 aliphatic carbocycles. The predicted octanol–water partition coefficient (Wildman–Crippen LogP) is 1.57. The van der Waals surface area contributed by atoms with E-state index in [0.29, 0.717) is 13.1 Å². The highest BCUT2D eigenvalue weighted by Gasteiger charge is 2.21. The highest BCUT2D eigenvalue weighted by Crippen LogP contribution is 2.16. The number of ether oxygens (including phenoxy) is 1. The van der Waals surface area contributed by atoms with E-state index in [0.717, 1.165) is 12.2 Å². The van der Waals surface area contributed by atoms with Gasteiger partial charge < -0.3 is 10.5 Å². The molecule has 3 N–H and O–H groups in total. The van der Waals surface area contributed by atoms with E-state index in [1.54, 1.807) is 7.11 Å². The van der Waals surface area contributed by atoms with Crippen molar-refractivity contribution >= 4 is 0 Å². The number of hydrogen-bond donors (Lipinski definition) is 2. The molecule has 0 saturated carbocycles. The van der Waals surface area contributed by atoms with E-state index >= 15 is 0 Å². The Morgan fingerprint density at radius 3 is 2.50 bits per heavy atom. The first-order valence-corrected chi connectivity index (χ1v) is 6.11. The molecule has 0 amide bonds. The topological polar surface area (TPSA) is 47.3 Å². The Kier molecular flexibility index (Phi) is 5.70. The number of nitrogens with one attached hydrogen (secondary N) is 1. The second-order valence-electron chi connectivity index (χ2n) is 4.57. The summed E-state index contributed by atoms with van der Waals surface area (Å²) in [6.07, 6.45) is 0.874. The van der Waals surface area contributed by atoms with Crippen molar-refractivity contribution in [2.45, 2.75) is 25.8 Å². The van der Waals surface area contributed by atoms with E-state index in [4.69, 9.17) is 10.5 Å². The minimum atomic E-state index is -0.127. The number of hydrogen-bond acceptors (Lipinski definition) is 3. The number of rotatable bonds is 6. The molecule has 0 aliphatic heterocycles. The van der Waals surface area contributed by atoms with Gasteiger partial charge in [-0.15, -0.1) is 5.92 Å². The molecule has 98 valence electrons. The van der Waals surface area contributed by atoms with E-state index in [9.17, 15) is 0 Å². The Morgan fingerprint density at radius 2 is 2.00 bits per heavy atom. The second-order valence-corrected chi connectivity index (χ2v) is 4.57. The monoisotopic (exact) mass is 246 g/mol. The summed E-state index contributed by atoms with van der Waals surface area (Å²) in [5, 5.41) is 3.39. The van der Waals surface area contributed by atoms with Gasteiger partial charge in [0.2, 0.25) is 0 Å². The Bertz CT molecular complexity index is 416. The van der Waals surface area contributed by atoms with Gasteiger partial charge in [0, 0.05) is 12.1 Å². The molecular weight excluding hydrogens is 224 g/mol. The molecule has 3 heteroatoms. The lowest BCUT2D eigenvalue weighted by Gasteiger charge is -2.29. The smallest absolute Gasteiger partial charge is 0.118 e. The van der Waals surface area contributed by atoms with E-state index in [1.165, 1.54) is 5.56 Å². The standard InChI is InChI=1S/C15H22N2O/c1-4-5-10-17-15(2,12-16)11-13-6-8-14(18-3)9-7-13/h6-9,17H,10-12,16H2,1-3H3. The van der Waals surface area contributed by atoms with Gasteiger partial charge in [0.05, 0.1) is 13.7 Å². The Hall–Kier alpha value is -1.50. The second kappa shape index (κ2) is 7.05. The molecule has 0 aromatic heterocycles. The lowest BCUT2D eigenvalue weighted by atomic mass is 9.93. The molecule has 0 fully saturated rings. The van der Waals surface area contributed by atoms with Gasteiger partial charge in [-0.25, -0.2) is 0 Å². The highest BCUT2D eigenvalue weighted by molar-refractivity contribution is 5.28. The van der Waals surface area contributed by atoms with Gasteiger partial charge in [-0.1, -0.05) is 18.1 Å². The zero-order chi connectivity index (χ0) is 13.4. The average Bonchev–Trinajstić information content (AvgIpc) is 2.40. The molecule has 0 aliphatic rings. The third kappa shape index (κ3) is 4.40. The van der Waals surface area contributed by atoms with E-state index in [-0.39, 0.29) is 5.54 Å². The van der Waals surface area contributed by atoms with Crippen molar-refractivity contribution in [3.05, 3.63) is 29.8 Å². The Labute approximate surface area is 110 Å². The number of methoxy groups -OCH3 is 1. The predicted molar refractivity (Wildman–Crippen MR) is 75.6 cm³/mol. The lowest BCUT2D eigenvalue weighted by Crippen LogP contribution is -2.50. The first kappa shape index (κ1) is 14.6. The van der Waals surface area contributed by atoms with Gasteiger partial charge in [0.1, 0.15) is 5.75 Å². The van der Waals surface area contributed by atoms with Crippen LogP contribution >= 0.6 is 0 Å². The molecule has 1 aromatic rings. The summed E-state index contributed by atoms with van der Waals surface area (Å²) in [4.78, 5) is 0. The van der Waals surface area contributed by atoms with Crippen LogP contribution in [0, 0.1) is 11.8 Å². The molecular formula is C15H22N2O. The molecule has 0 spiro atoms. The van der Waals surface area contributed by atoms with Crippen molar-refractivity contribution in [3.8, 4) is 17.6 Å². The molecule has 1 aromatic carbocycles. The van der Waals surface area contributed by atoms with Crippen molar-refractivity contribution in [2.24, 2.45) is 5.73 Å². The van der Waals surface area contributed by atoms with Gasteiger partial charge in [0.15, 0.2) is 0 Å². The molecule has 0 radical (unpaired) electrons. The van der Waals surface area contributed by atoms with Crippen LogP contribution in [-0.4, -0.2) is 25.7 Å². The average molecular weight is 246 g/mol. The summed E-state index contributed by atoms with van der Waals surface area (Å²) in [6, 6.07) is 8.08. The van der Waals surface area contributed by atoms with Crippen LogP contribution in [0.1, 0.15) is 19.4 Å². The van der Waals surface area contributed by atoms with Crippen LogP contribution in [0.2, 0.25) is 0 Å². The van der Waals surface area contributed by atoms with Crippen molar-refractivity contribution in [2.75, 3.05) is 20.2 Å². The molecule has 18 heavy (non-hydrogen) atoms. The van der Waals surface area contributed by atoms with Crippen LogP contribution in [0.15, 0.2) is 24.3 Å². The Balaban J connectivity index is 2.67. The van der Waals surface area contributed by atoms with Crippen LogP contribution in [-0.2, 0) is 6.42 Å². The first-order valence-electron chi connectivity index (χ1n) is 6.11. The summed E-state index contributed by atoms with van der Waals surface area (Å²) < 4.78 is 5.15. The van der Waals surface area contributed by atoms with E-state index in [1.807, 2.05) is 19.1 Å². The fourth-order valence-electron chi connectivity index (χ4n) is 1.75. The Morgan fingerprint density at radius 1 is 1.33 bits per heavy atom. The van der Waals surface area contributed by atoms with Gasteiger partial charge >= 0.3 is 0 Å². The van der Waals surface area contributed by atoms with Crippen molar-refractivity contribution < 1.29 is 4.74 Å².